The SMILES string of the molecule is O=C1CCCN1C[C@@H]1CN(CCOCc2ccccc2)Cc2ccnn21. The molecular weight excluding hydrogens is 328 g/mol. The topological polar surface area (TPSA) is 50.6 Å². The molecule has 6 heteroatoms. The van der Waals surface area contributed by atoms with Gasteiger partial charge in [-0.15, -0.1) is 0 Å². The highest BCUT2D eigenvalue weighted by Crippen LogP contribution is 2.23. The highest BCUT2D eigenvalue weighted by atomic mass is 16.5. The van der Waals surface area contributed by atoms with Gasteiger partial charge in [-0.1, -0.05) is 30.3 Å². The minimum Gasteiger partial charge on any atom is -0.375 e. The lowest BCUT2D eigenvalue weighted by molar-refractivity contribution is -0.128. The Morgan fingerprint density at radius 1 is 1.19 bits per heavy atom. The van der Waals surface area contributed by atoms with Gasteiger partial charge in [0.1, 0.15) is 0 Å². The molecule has 1 amide bonds. The monoisotopic (exact) mass is 354 g/mol. The molecule has 0 radical (unpaired) electrons. The summed E-state index contributed by atoms with van der Waals surface area (Å²) >= 11 is 0. The van der Waals surface area contributed by atoms with Gasteiger partial charge in [-0.3, -0.25) is 14.4 Å². The van der Waals surface area contributed by atoms with Crippen LogP contribution in [0.5, 0.6) is 0 Å². The van der Waals surface area contributed by atoms with Crippen molar-refractivity contribution in [2.45, 2.75) is 32.0 Å². The molecule has 0 spiro atoms. The molecule has 138 valence electrons. The van der Waals surface area contributed by atoms with Crippen LogP contribution in [0.25, 0.3) is 0 Å². The maximum atomic E-state index is 12.0. The van der Waals surface area contributed by atoms with Gasteiger partial charge in [-0.25, -0.2) is 0 Å². The van der Waals surface area contributed by atoms with Gasteiger partial charge in [0.25, 0.3) is 0 Å². The Hall–Kier alpha value is -2.18. The van der Waals surface area contributed by atoms with Crippen molar-refractivity contribution < 1.29 is 9.53 Å². The zero-order valence-corrected chi connectivity index (χ0v) is 15.1. The molecule has 0 unspecified atom stereocenters. The van der Waals surface area contributed by atoms with Crippen LogP contribution in [-0.2, 0) is 22.7 Å². The number of likely N-dealkylation sites (tertiary alicyclic amines) is 1. The molecule has 1 aromatic heterocycles. The van der Waals surface area contributed by atoms with Crippen molar-refractivity contribution in [1.29, 1.82) is 0 Å². The number of carbonyl (C=O) groups is 1. The fraction of sp³-hybridized carbons (Fsp3) is 0.500. The molecule has 1 aromatic carbocycles. The van der Waals surface area contributed by atoms with Crippen LogP contribution in [0.1, 0.15) is 30.1 Å². The molecule has 0 N–H and O–H groups in total. The number of aromatic nitrogens is 2. The zero-order valence-electron chi connectivity index (χ0n) is 15.1. The molecule has 2 aliphatic rings. The van der Waals surface area contributed by atoms with Crippen molar-refractivity contribution in [1.82, 2.24) is 19.6 Å². The van der Waals surface area contributed by atoms with Crippen LogP contribution >= 0.6 is 0 Å². The van der Waals surface area contributed by atoms with Crippen molar-refractivity contribution in [2.75, 3.05) is 32.8 Å². The molecule has 0 bridgehead atoms. The summed E-state index contributed by atoms with van der Waals surface area (Å²) in [5.74, 6) is 0.280. The highest BCUT2D eigenvalue weighted by molar-refractivity contribution is 5.78. The number of carbonyl (C=O) groups excluding carboxylic acids is 1. The third-order valence-electron chi connectivity index (χ3n) is 5.22. The van der Waals surface area contributed by atoms with E-state index in [0.29, 0.717) is 19.6 Å². The van der Waals surface area contributed by atoms with E-state index in [1.807, 2.05) is 29.3 Å². The Bertz CT molecular complexity index is 730. The number of hydrogen-bond donors (Lipinski definition) is 0. The van der Waals surface area contributed by atoms with Crippen molar-refractivity contribution in [2.24, 2.45) is 0 Å². The number of benzene rings is 1. The molecule has 0 saturated carbocycles. The summed E-state index contributed by atoms with van der Waals surface area (Å²) in [6, 6.07) is 12.6. The van der Waals surface area contributed by atoms with E-state index in [0.717, 1.165) is 39.1 Å². The molecule has 26 heavy (non-hydrogen) atoms. The number of hydrogen-bond acceptors (Lipinski definition) is 4. The van der Waals surface area contributed by atoms with E-state index in [2.05, 4.69) is 32.9 Å². The second kappa shape index (κ2) is 8.01. The molecule has 1 atom stereocenters. The Morgan fingerprint density at radius 3 is 2.88 bits per heavy atom. The first-order valence-electron chi connectivity index (χ1n) is 9.44. The number of amides is 1. The van der Waals surface area contributed by atoms with Gasteiger partial charge >= 0.3 is 0 Å². The van der Waals surface area contributed by atoms with Crippen LogP contribution in [0, 0.1) is 0 Å². The van der Waals surface area contributed by atoms with Gasteiger partial charge in [0.2, 0.25) is 5.91 Å². The molecule has 2 aliphatic heterocycles. The number of ether oxygens (including phenoxy) is 1. The van der Waals surface area contributed by atoms with E-state index < -0.39 is 0 Å². The summed E-state index contributed by atoms with van der Waals surface area (Å²) < 4.78 is 7.95. The second-order valence-electron chi connectivity index (χ2n) is 7.14. The molecule has 0 aliphatic carbocycles. The van der Waals surface area contributed by atoms with Crippen LogP contribution in [0.2, 0.25) is 0 Å². The minimum atomic E-state index is 0.227. The largest absolute Gasteiger partial charge is 0.375 e. The molecule has 2 aromatic rings. The Morgan fingerprint density at radius 2 is 2.08 bits per heavy atom. The summed E-state index contributed by atoms with van der Waals surface area (Å²) in [7, 11) is 0. The molecule has 4 rings (SSSR count). The van der Waals surface area contributed by atoms with Crippen molar-refractivity contribution >= 4 is 5.91 Å². The lowest BCUT2D eigenvalue weighted by atomic mass is 10.1. The van der Waals surface area contributed by atoms with Gasteiger partial charge < -0.3 is 9.64 Å². The van der Waals surface area contributed by atoms with E-state index in [1.54, 1.807) is 0 Å². The quantitative estimate of drug-likeness (QED) is 0.715. The standard InChI is InChI=1S/C20H26N4O2/c25-20-7-4-10-23(20)15-19-14-22(13-18-8-9-21-24(18)19)11-12-26-16-17-5-2-1-3-6-17/h1-3,5-6,8-9,19H,4,7,10-16H2/t19-/m0/s1. The second-order valence-corrected chi connectivity index (χ2v) is 7.14. The van der Waals surface area contributed by atoms with Gasteiger partial charge in [-0.2, -0.15) is 5.10 Å². The third-order valence-corrected chi connectivity index (χ3v) is 5.22. The fourth-order valence-corrected chi connectivity index (χ4v) is 3.88. The normalized spacial score (nSPS) is 20.5. The van der Waals surface area contributed by atoms with Crippen LogP contribution < -0.4 is 0 Å². The van der Waals surface area contributed by atoms with Crippen LogP contribution in [0.15, 0.2) is 42.6 Å². The van der Waals surface area contributed by atoms with E-state index in [-0.39, 0.29) is 11.9 Å². The molecule has 6 nitrogen and oxygen atoms in total. The van der Waals surface area contributed by atoms with Crippen molar-refractivity contribution in [3.8, 4) is 0 Å². The maximum absolute atomic E-state index is 12.0. The summed E-state index contributed by atoms with van der Waals surface area (Å²) in [5, 5.41) is 4.50. The lowest BCUT2D eigenvalue weighted by Gasteiger charge is -2.35. The van der Waals surface area contributed by atoms with Crippen molar-refractivity contribution in [3.63, 3.8) is 0 Å². The van der Waals surface area contributed by atoms with Crippen LogP contribution in [0.3, 0.4) is 0 Å². The van der Waals surface area contributed by atoms with Gasteiger partial charge in [0.05, 0.1) is 24.9 Å². The zero-order chi connectivity index (χ0) is 17.8. The van der Waals surface area contributed by atoms with E-state index in [4.69, 9.17) is 4.74 Å². The summed E-state index contributed by atoms with van der Waals surface area (Å²) in [5.41, 5.74) is 2.42. The van der Waals surface area contributed by atoms with Gasteiger partial charge in [0.15, 0.2) is 0 Å². The fourth-order valence-electron chi connectivity index (χ4n) is 3.88. The predicted octanol–water partition coefficient (Wildman–Crippen LogP) is 2.08. The number of nitrogens with zero attached hydrogens (tertiary/aromatic N) is 4. The highest BCUT2D eigenvalue weighted by Gasteiger charge is 2.30. The van der Waals surface area contributed by atoms with E-state index in [1.165, 1.54) is 11.3 Å². The minimum absolute atomic E-state index is 0.227. The van der Waals surface area contributed by atoms with Crippen molar-refractivity contribution in [3.05, 3.63) is 53.9 Å². The molecule has 1 saturated heterocycles. The van der Waals surface area contributed by atoms with Crippen LogP contribution in [-0.4, -0.2) is 58.3 Å². The van der Waals surface area contributed by atoms with Gasteiger partial charge in [-0.05, 0) is 18.1 Å². The smallest absolute Gasteiger partial charge is 0.222 e. The summed E-state index contributed by atoms with van der Waals surface area (Å²) in [6.45, 7) is 5.69. The summed E-state index contributed by atoms with van der Waals surface area (Å²) in [4.78, 5) is 16.4. The Kier molecular flexibility index (Phi) is 5.32. The molecule has 1 fully saturated rings. The Labute approximate surface area is 154 Å². The van der Waals surface area contributed by atoms with Crippen LogP contribution in [0.4, 0.5) is 0 Å². The lowest BCUT2D eigenvalue weighted by Crippen LogP contribution is -2.44. The molecular formula is C20H26N4O2. The number of rotatable bonds is 7. The van der Waals surface area contributed by atoms with E-state index >= 15 is 0 Å². The average molecular weight is 354 g/mol. The third kappa shape index (κ3) is 3.97. The Balaban J connectivity index is 1.31. The first-order valence-corrected chi connectivity index (χ1v) is 9.44. The van der Waals surface area contributed by atoms with E-state index in [9.17, 15) is 4.79 Å². The first kappa shape index (κ1) is 17.2. The van der Waals surface area contributed by atoms with Gasteiger partial charge in [0, 0.05) is 45.3 Å². The summed E-state index contributed by atoms with van der Waals surface area (Å²) in [6.07, 6.45) is 3.54. The molecule has 3 heterocycles. The average Bonchev–Trinajstić information content (AvgIpc) is 3.29. The predicted molar refractivity (Wildman–Crippen MR) is 98.5 cm³/mol. The maximum Gasteiger partial charge on any atom is 0.222 e. The first-order chi connectivity index (χ1) is 12.8. The number of fused-ring (bicyclic) bond motifs is 1.